The number of likely N-dealkylation sites (tertiary alicyclic amines) is 1. The largest absolute Gasteiger partial charge is 0.389 e. The van der Waals surface area contributed by atoms with Gasteiger partial charge >= 0.3 is 0 Å². The van der Waals surface area contributed by atoms with E-state index in [4.69, 9.17) is 4.74 Å². The highest BCUT2D eigenvalue weighted by Crippen LogP contribution is 2.20. The molecule has 0 spiro atoms. The van der Waals surface area contributed by atoms with Crippen LogP contribution in [0.15, 0.2) is 0 Å². The lowest BCUT2D eigenvalue weighted by Crippen LogP contribution is -2.52. The van der Waals surface area contributed by atoms with Crippen molar-refractivity contribution < 1.29 is 19.4 Å². The normalized spacial score (nSPS) is 24.3. The van der Waals surface area contributed by atoms with Crippen LogP contribution in [0.4, 0.5) is 0 Å². The molecule has 7 nitrogen and oxygen atoms in total. The zero-order valence-corrected chi connectivity index (χ0v) is 14.2. The minimum atomic E-state index is -0.484. The first-order chi connectivity index (χ1) is 11.0. The second-order valence-electron chi connectivity index (χ2n) is 6.27. The molecule has 0 aromatic rings. The van der Waals surface area contributed by atoms with Gasteiger partial charge in [0, 0.05) is 58.8 Å². The van der Waals surface area contributed by atoms with Crippen molar-refractivity contribution in [1.82, 2.24) is 14.7 Å². The molecule has 0 aromatic heterocycles. The van der Waals surface area contributed by atoms with E-state index in [0.717, 1.165) is 13.1 Å². The van der Waals surface area contributed by atoms with Gasteiger partial charge in [0.05, 0.1) is 18.6 Å². The Morgan fingerprint density at radius 2 is 2.00 bits per heavy atom. The molecule has 0 unspecified atom stereocenters. The van der Waals surface area contributed by atoms with Gasteiger partial charge in [0.25, 0.3) is 0 Å². The highest BCUT2D eigenvalue weighted by atomic mass is 16.5. The summed E-state index contributed by atoms with van der Waals surface area (Å²) in [6.45, 7) is 9.46. The second kappa shape index (κ2) is 8.61. The van der Waals surface area contributed by atoms with E-state index >= 15 is 0 Å². The monoisotopic (exact) mass is 327 g/mol. The number of aliphatic hydroxyl groups is 1. The number of ether oxygens (including phenoxy) is 1. The van der Waals surface area contributed by atoms with Crippen LogP contribution in [-0.2, 0) is 14.3 Å². The third-order valence-electron chi connectivity index (χ3n) is 4.61. The van der Waals surface area contributed by atoms with Gasteiger partial charge in [-0.15, -0.1) is 0 Å². The molecule has 0 aliphatic carbocycles. The van der Waals surface area contributed by atoms with E-state index in [1.807, 2.05) is 18.7 Å². The van der Waals surface area contributed by atoms with E-state index in [0.29, 0.717) is 52.4 Å². The average Bonchev–Trinajstić information content (AvgIpc) is 2.94. The number of hydrogen-bond acceptors (Lipinski definition) is 5. The molecule has 2 amide bonds. The summed E-state index contributed by atoms with van der Waals surface area (Å²) in [5.74, 6) is 0.00453. The smallest absolute Gasteiger partial charge is 0.228 e. The first-order valence-corrected chi connectivity index (χ1v) is 8.59. The summed E-state index contributed by atoms with van der Waals surface area (Å²) in [4.78, 5) is 30.1. The fourth-order valence-corrected chi connectivity index (χ4v) is 3.26. The summed E-state index contributed by atoms with van der Waals surface area (Å²) in [5.41, 5.74) is 0. The molecule has 2 aliphatic rings. The lowest BCUT2D eigenvalue weighted by atomic mass is 10.1. The minimum absolute atomic E-state index is 0.0866. The predicted molar refractivity (Wildman–Crippen MR) is 85.9 cm³/mol. The van der Waals surface area contributed by atoms with Gasteiger partial charge in [0.15, 0.2) is 0 Å². The Kier molecular flexibility index (Phi) is 6.80. The number of piperazine rings is 1. The van der Waals surface area contributed by atoms with Crippen LogP contribution in [-0.4, -0.2) is 96.8 Å². The SMILES string of the molecule is CCOC[C@H](O)CN1CCN(C(=O)[C@@H]2CC(=O)N(CC)C2)CC1. The van der Waals surface area contributed by atoms with Crippen LogP contribution in [0.5, 0.6) is 0 Å². The lowest BCUT2D eigenvalue weighted by Gasteiger charge is -2.36. The molecule has 7 heteroatoms. The van der Waals surface area contributed by atoms with E-state index < -0.39 is 6.10 Å². The number of rotatable bonds is 7. The van der Waals surface area contributed by atoms with Crippen LogP contribution < -0.4 is 0 Å². The topological polar surface area (TPSA) is 73.3 Å². The summed E-state index contributed by atoms with van der Waals surface area (Å²) in [5, 5.41) is 9.88. The molecule has 0 aromatic carbocycles. The number of aliphatic hydroxyl groups excluding tert-OH is 1. The highest BCUT2D eigenvalue weighted by molar-refractivity contribution is 5.89. The third-order valence-corrected chi connectivity index (χ3v) is 4.61. The van der Waals surface area contributed by atoms with E-state index in [2.05, 4.69) is 4.90 Å². The molecule has 1 N–H and O–H groups in total. The molecule has 0 radical (unpaired) electrons. The van der Waals surface area contributed by atoms with Gasteiger partial charge in [0.2, 0.25) is 11.8 Å². The first-order valence-electron chi connectivity index (χ1n) is 8.59. The maximum atomic E-state index is 12.5. The van der Waals surface area contributed by atoms with Gasteiger partial charge < -0.3 is 19.6 Å². The molecule has 0 saturated carbocycles. The molecule has 2 fully saturated rings. The Labute approximate surface area is 138 Å². The van der Waals surface area contributed by atoms with Crippen molar-refractivity contribution in [2.75, 3.05) is 59.0 Å². The average molecular weight is 327 g/mol. The van der Waals surface area contributed by atoms with Crippen LogP contribution in [0.25, 0.3) is 0 Å². The Bertz CT molecular complexity index is 410. The van der Waals surface area contributed by atoms with Gasteiger partial charge in [-0.3, -0.25) is 14.5 Å². The summed E-state index contributed by atoms with van der Waals surface area (Å²) >= 11 is 0. The predicted octanol–water partition coefficient (Wildman–Crippen LogP) is -0.604. The van der Waals surface area contributed by atoms with Crippen LogP contribution >= 0.6 is 0 Å². The number of carbonyl (C=O) groups excluding carboxylic acids is 2. The summed E-state index contributed by atoms with van der Waals surface area (Å²) in [6.07, 6.45) is -0.136. The van der Waals surface area contributed by atoms with E-state index in [1.165, 1.54) is 0 Å². The van der Waals surface area contributed by atoms with Crippen molar-refractivity contribution in [2.24, 2.45) is 5.92 Å². The van der Waals surface area contributed by atoms with Crippen molar-refractivity contribution in [3.05, 3.63) is 0 Å². The van der Waals surface area contributed by atoms with Crippen LogP contribution in [0.3, 0.4) is 0 Å². The van der Waals surface area contributed by atoms with Crippen molar-refractivity contribution >= 4 is 11.8 Å². The lowest BCUT2D eigenvalue weighted by molar-refractivity contribution is -0.137. The molecule has 132 valence electrons. The van der Waals surface area contributed by atoms with Crippen LogP contribution in [0, 0.1) is 5.92 Å². The van der Waals surface area contributed by atoms with Gasteiger partial charge in [-0.25, -0.2) is 0 Å². The minimum Gasteiger partial charge on any atom is -0.389 e. The second-order valence-corrected chi connectivity index (χ2v) is 6.27. The third kappa shape index (κ3) is 4.89. The zero-order chi connectivity index (χ0) is 16.8. The van der Waals surface area contributed by atoms with Crippen LogP contribution in [0.2, 0.25) is 0 Å². The highest BCUT2D eigenvalue weighted by Gasteiger charge is 2.36. The number of amides is 2. The first kappa shape index (κ1) is 18.2. The van der Waals surface area contributed by atoms with Gasteiger partial charge in [-0.05, 0) is 13.8 Å². The van der Waals surface area contributed by atoms with Gasteiger partial charge in [-0.1, -0.05) is 0 Å². The fourth-order valence-electron chi connectivity index (χ4n) is 3.26. The van der Waals surface area contributed by atoms with Crippen LogP contribution in [0.1, 0.15) is 20.3 Å². The fraction of sp³-hybridized carbons (Fsp3) is 0.875. The standard InChI is InChI=1S/C16H29N3O4/c1-3-18-10-13(9-15(18)21)16(22)19-7-5-17(6-8-19)11-14(20)12-23-4-2/h13-14,20H,3-12H2,1-2H3/t13-,14-/m1/s1. The Hall–Kier alpha value is -1.18. The molecular formula is C16H29N3O4. The maximum absolute atomic E-state index is 12.5. The molecule has 2 atom stereocenters. The molecule has 23 heavy (non-hydrogen) atoms. The molecule has 2 rings (SSSR count). The Balaban J connectivity index is 1.74. The van der Waals surface area contributed by atoms with Crippen molar-refractivity contribution in [2.45, 2.75) is 26.4 Å². The van der Waals surface area contributed by atoms with E-state index in [1.54, 1.807) is 4.90 Å². The summed E-state index contributed by atoms with van der Waals surface area (Å²) in [7, 11) is 0. The molecule has 2 aliphatic heterocycles. The molecule has 0 bridgehead atoms. The summed E-state index contributed by atoms with van der Waals surface area (Å²) < 4.78 is 5.22. The van der Waals surface area contributed by atoms with E-state index in [9.17, 15) is 14.7 Å². The molecular weight excluding hydrogens is 298 g/mol. The number of carbonyl (C=O) groups is 2. The number of nitrogens with zero attached hydrogens (tertiary/aromatic N) is 3. The molecule has 2 saturated heterocycles. The van der Waals surface area contributed by atoms with Crippen molar-refractivity contribution in [1.29, 1.82) is 0 Å². The summed E-state index contributed by atoms with van der Waals surface area (Å²) in [6, 6.07) is 0. The Morgan fingerprint density at radius 1 is 1.30 bits per heavy atom. The quantitative estimate of drug-likeness (QED) is 0.676. The molecule has 2 heterocycles. The van der Waals surface area contributed by atoms with E-state index in [-0.39, 0.29) is 17.7 Å². The Morgan fingerprint density at radius 3 is 2.57 bits per heavy atom. The van der Waals surface area contributed by atoms with Gasteiger partial charge in [-0.2, -0.15) is 0 Å². The van der Waals surface area contributed by atoms with Gasteiger partial charge in [0.1, 0.15) is 0 Å². The maximum Gasteiger partial charge on any atom is 0.228 e. The van der Waals surface area contributed by atoms with Crippen molar-refractivity contribution in [3.63, 3.8) is 0 Å². The zero-order valence-electron chi connectivity index (χ0n) is 14.2. The number of β-amino-alcohol motifs (C(OH)–C–C–N with tert-alkyl or cyclic N) is 1. The van der Waals surface area contributed by atoms with Crippen molar-refractivity contribution in [3.8, 4) is 0 Å². The number of hydrogen-bond donors (Lipinski definition) is 1.